The topological polar surface area (TPSA) is 74.7 Å². The summed E-state index contributed by atoms with van der Waals surface area (Å²) in [5.41, 5.74) is 1.71. The van der Waals surface area contributed by atoms with E-state index in [0.29, 0.717) is 11.6 Å². The van der Waals surface area contributed by atoms with Crippen LogP contribution in [0.5, 0.6) is 0 Å². The average molecular weight is 182 g/mol. The van der Waals surface area contributed by atoms with Crippen molar-refractivity contribution in [2.45, 2.75) is 6.61 Å². The van der Waals surface area contributed by atoms with Gasteiger partial charge in [-0.1, -0.05) is 0 Å². The minimum atomic E-state index is -0.119. The number of aromatic nitrogens is 4. The van der Waals surface area contributed by atoms with Gasteiger partial charge < -0.3 is 5.11 Å². The Balaban J connectivity index is 2.35. The van der Waals surface area contributed by atoms with E-state index in [9.17, 15) is 0 Å². The zero-order chi connectivity index (χ0) is 8.39. The van der Waals surface area contributed by atoms with Crippen LogP contribution in [0.2, 0.25) is 0 Å². The monoisotopic (exact) mass is 182 g/mol. The van der Waals surface area contributed by atoms with Crippen molar-refractivity contribution >= 4 is 11.3 Å². The second-order valence-electron chi connectivity index (χ2n) is 2.13. The molecule has 0 unspecified atom stereocenters. The van der Waals surface area contributed by atoms with Gasteiger partial charge in [-0.3, -0.25) is 10.1 Å². The van der Waals surface area contributed by atoms with Gasteiger partial charge >= 0.3 is 0 Å². The molecule has 0 aliphatic carbocycles. The Hall–Kier alpha value is -1.27. The molecule has 2 rings (SSSR count). The number of H-pyrrole nitrogens is 1. The fourth-order valence-electron chi connectivity index (χ4n) is 0.802. The van der Waals surface area contributed by atoms with Crippen LogP contribution in [0.15, 0.2) is 11.7 Å². The summed E-state index contributed by atoms with van der Waals surface area (Å²) in [5.74, 6) is 1.06. The van der Waals surface area contributed by atoms with Gasteiger partial charge in [0.2, 0.25) is 0 Å². The summed E-state index contributed by atoms with van der Waals surface area (Å²) in [4.78, 5) is 8.82. The van der Waals surface area contributed by atoms with Crippen molar-refractivity contribution in [3.8, 4) is 10.7 Å². The van der Waals surface area contributed by atoms with E-state index in [1.165, 1.54) is 11.3 Å². The van der Waals surface area contributed by atoms with Crippen LogP contribution in [0, 0.1) is 0 Å². The van der Waals surface area contributed by atoms with E-state index in [4.69, 9.17) is 5.11 Å². The third kappa shape index (κ3) is 1.21. The van der Waals surface area contributed by atoms with E-state index >= 15 is 0 Å². The Morgan fingerprint density at radius 1 is 1.58 bits per heavy atom. The maximum Gasteiger partial charge on any atom is 0.192 e. The number of hydrogen-bond acceptors (Lipinski definition) is 5. The number of aromatic amines is 1. The number of hydrogen-bond donors (Lipinski definition) is 2. The molecule has 0 atom stereocenters. The lowest BCUT2D eigenvalue weighted by atomic mass is 10.5. The van der Waals surface area contributed by atoms with Gasteiger partial charge in [0.15, 0.2) is 11.6 Å². The van der Waals surface area contributed by atoms with E-state index in [1.807, 2.05) is 0 Å². The van der Waals surface area contributed by atoms with Gasteiger partial charge in [-0.15, -0.1) is 11.3 Å². The molecule has 5 nitrogen and oxygen atoms in total. The maximum absolute atomic E-state index is 8.70. The van der Waals surface area contributed by atoms with E-state index in [-0.39, 0.29) is 6.61 Å². The lowest BCUT2D eigenvalue weighted by Crippen LogP contribution is -1.84. The molecule has 62 valence electrons. The van der Waals surface area contributed by atoms with Crippen molar-refractivity contribution in [2.24, 2.45) is 0 Å². The van der Waals surface area contributed by atoms with Crippen molar-refractivity contribution < 1.29 is 5.11 Å². The van der Waals surface area contributed by atoms with Crippen LogP contribution in [-0.2, 0) is 6.61 Å². The van der Waals surface area contributed by atoms with Crippen LogP contribution in [0.3, 0.4) is 0 Å². The minimum Gasteiger partial charge on any atom is -0.388 e. The summed E-state index contributed by atoms with van der Waals surface area (Å²) in [6.45, 7) is -0.119. The summed E-state index contributed by atoms with van der Waals surface area (Å²) in [6.07, 6.45) is 1.69. The molecule has 0 aromatic carbocycles. The highest BCUT2D eigenvalue weighted by Gasteiger charge is 2.05. The maximum atomic E-state index is 8.70. The van der Waals surface area contributed by atoms with Gasteiger partial charge in [-0.05, 0) is 0 Å². The molecule has 6 heteroatoms. The number of aliphatic hydroxyl groups is 1. The fraction of sp³-hybridized carbons (Fsp3) is 0.167. The molecule has 0 amide bonds. The van der Waals surface area contributed by atoms with E-state index < -0.39 is 0 Å². The lowest BCUT2D eigenvalue weighted by molar-refractivity contribution is 0.272. The number of nitrogens with one attached hydrogen (secondary N) is 1. The van der Waals surface area contributed by atoms with Crippen LogP contribution in [-0.4, -0.2) is 25.3 Å². The highest BCUT2D eigenvalue weighted by Crippen LogP contribution is 2.18. The summed E-state index contributed by atoms with van der Waals surface area (Å²) in [5, 5.41) is 15.2. The Labute approximate surface area is 72.1 Å². The van der Waals surface area contributed by atoms with Crippen LogP contribution in [0.25, 0.3) is 10.7 Å². The Morgan fingerprint density at radius 2 is 2.50 bits per heavy atom. The Morgan fingerprint density at radius 3 is 3.08 bits per heavy atom. The van der Waals surface area contributed by atoms with Gasteiger partial charge in [0.05, 0.1) is 10.4 Å². The summed E-state index contributed by atoms with van der Waals surface area (Å²) >= 11 is 1.46. The number of rotatable bonds is 2. The van der Waals surface area contributed by atoms with Gasteiger partial charge in [-0.2, -0.15) is 5.10 Å². The van der Waals surface area contributed by atoms with Crippen molar-refractivity contribution in [3.05, 3.63) is 17.5 Å². The van der Waals surface area contributed by atoms with Gasteiger partial charge in [0.25, 0.3) is 0 Å². The normalized spacial score (nSPS) is 10.4. The number of nitrogens with zero attached hydrogens (tertiary/aromatic N) is 3. The average Bonchev–Trinajstić information content (AvgIpc) is 2.75. The van der Waals surface area contributed by atoms with Crippen LogP contribution < -0.4 is 0 Å². The molecule has 0 bridgehead atoms. The summed E-state index contributed by atoms with van der Waals surface area (Å²) in [7, 11) is 0. The van der Waals surface area contributed by atoms with Crippen LogP contribution in [0.4, 0.5) is 0 Å². The lowest BCUT2D eigenvalue weighted by Gasteiger charge is -1.82. The smallest absolute Gasteiger partial charge is 0.192 e. The molecule has 2 aromatic rings. The number of thiazole rings is 1. The molecule has 0 fully saturated rings. The first-order chi connectivity index (χ1) is 5.90. The van der Waals surface area contributed by atoms with Crippen molar-refractivity contribution in [3.63, 3.8) is 0 Å². The molecule has 0 saturated heterocycles. The summed E-state index contributed by atoms with van der Waals surface area (Å²) in [6, 6.07) is 0. The molecular weight excluding hydrogens is 176 g/mol. The SMILES string of the molecule is OCc1nc(-c2cncs2)n[nH]1. The van der Waals surface area contributed by atoms with Crippen molar-refractivity contribution in [1.29, 1.82) is 0 Å². The van der Waals surface area contributed by atoms with E-state index in [0.717, 1.165) is 4.88 Å². The first-order valence-corrected chi connectivity index (χ1v) is 4.19. The van der Waals surface area contributed by atoms with Gasteiger partial charge in [0, 0.05) is 6.20 Å². The highest BCUT2D eigenvalue weighted by molar-refractivity contribution is 7.13. The minimum absolute atomic E-state index is 0.119. The molecule has 2 heterocycles. The van der Waals surface area contributed by atoms with Crippen LogP contribution >= 0.6 is 11.3 Å². The largest absolute Gasteiger partial charge is 0.388 e. The standard InChI is InChI=1S/C6H6N4OS/c11-2-5-8-6(10-9-5)4-1-7-3-12-4/h1,3,11H,2H2,(H,8,9,10). The third-order valence-corrected chi connectivity index (χ3v) is 2.10. The molecule has 0 aliphatic heterocycles. The Kier molecular flexibility index (Phi) is 1.84. The third-order valence-electron chi connectivity index (χ3n) is 1.33. The second kappa shape index (κ2) is 3.00. The molecule has 0 aliphatic rings. The number of aliphatic hydroxyl groups excluding tert-OH is 1. The van der Waals surface area contributed by atoms with E-state index in [1.54, 1.807) is 11.7 Å². The first kappa shape index (κ1) is 7.38. The van der Waals surface area contributed by atoms with Crippen molar-refractivity contribution in [1.82, 2.24) is 20.2 Å². The molecule has 0 spiro atoms. The summed E-state index contributed by atoms with van der Waals surface area (Å²) < 4.78 is 0. The second-order valence-corrected chi connectivity index (χ2v) is 3.02. The van der Waals surface area contributed by atoms with Crippen molar-refractivity contribution in [2.75, 3.05) is 0 Å². The van der Waals surface area contributed by atoms with Crippen LogP contribution in [0.1, 0.15) is 5.82 Å². The molecule has 2 aromatic heterocycles. The van der Waals surface area contributed by atoms with E-state index in [2.05, 4.69) is 20.2 Å². The highest BCUT2D eigenvalue weighted by atomic mass is 32.1. The molecule has 2 N–H and O–H groups in total. The first-order valence-electron chi connectivity index (χ1n) is 3.31. The Bertz CT molecular complexity index is 355. The molecule has 12 heavy (non-hydrogen) atoms. The molecule has 0 radical (unpaired) electrons. The van der Waals surface area contributed by atoms with Gasteiger partial charge in [-0.25, -0.2) is 4.98 Å². The molecule has 0 saturated carbocycles. The van der Waals surface area contributed by atoms with Gasteiger partial charge in [0.1, 0.15) is 6.61 Å². The quantitative estimate of drug-likeness (QED) is 0.705. The molecular formula is C6H6N4OS. The zero-order valence-electron chi connectivity index (χ0n) is 6.06. The predicted octanol–water partition coefficient (Wildman–Crippen LogP) is 0.420. The fourth-order valence-corrected chi connectivity index (χ4v) is 1.36. The predicted molar refractivity (Wildman–Crippen MR) is 43.4 cm³/mol. The zero-order valence-corrected chi connectivity index (χ0v) is 6.88.